The lowest BCUT2D eigenvalue weighted by molar-refractivity contribution is 0.0110. The molecule has 3 aromatic rings. The summed E-state index contributed by atoms with van der Waals surface area (Å²) in [6, 6.07) is 8.19. The predicted molar refractivity (Wildman–Crippen MR) is 129 cm³/mol. The van der Waals surface area contributed by atoms with Gasteiger partial charge in [0.15, 0.2) is 0 Å². The maximum atomic E-state index is 12.6. The van der Waals surface area contributed by atoms with Crippen molar-refractivity contribution < 1.29 is 9.90 Å². The van der Waals surface area contributed by atoms with E-state index in [9.17, 15) is 9.90 Å². The number of carbonyl (C=O) groups is 1. The summed E-state index contributed by atoms with van der Waals surface area (Å²) in [7, 11) is 1.93. The number of fused-ring (bicyclic) bond motifs is 1. The van der Waals surface area contributed by atoms with E-state index in [4.69, 9.17) is 0 Å². The number of nitrogens with one attached hydrogen (secondary N) is 2. The van der Waals surface area contributed by atoms with Crippen molar-refractivity contribution in [2.24, 2.45) is 13.0 Å². The van der Waals surface area contributed by atoms with Gasteiger partial charge in [-0.2, -0.15) is 0 Å². The minimum absolute atomic E-state index is 0.119. The molecule has 1 saturated heterocycles. The van der Waals surface area contributed by atoms with Gasteiger partial charge in [0, 0.05) is 55.7 Å². The van der Waals surface area contributed by atoms with Gasteiger partial charge in [0.1, 0.15) is 5.82 Å². The van der Waals surface area contributed by atoms with Gasteiger partial charge >= 0.3 is 0 Å². The number of amides is 1. The number of benzene rings is 1. The standard InChI is InChI=1S/C25H30N6O2/c1-25(2,33)16-5-4-10-31(14-16)18-8-6-17(7-9-18)29-23-22-20(12-28-24(22)32)19(11-27-23)21-13-26-15-30(21)3/h6-9,11,13,15-16,33H,4-5,10,12,14H2,1-3H3,(H,27,29)(H,28,32)/t16-/m1/s1. The van der Waals surface area contributed by atoms with E-state index in [0.29, 0.717) is 17.9 Å². The first-order valence-electron chi connectivity index (χ1n) is 11.4. The maximum absolute atomic E-state index is 12.6. The van der Waals surface area contributed by atoms with Gasteiger partial charge in [-0.1, -0.05) is 0 Å². The minimum atomic E-state index is -0.672. The molecule has 8 nitrogen and oxygen atoms in total. The molecule has 0 spiro atoms. The first-order chi connectivity index (χ1) is 15.8. The highest BCUT2D eigenvalue weighted by atomic mass is 16.3. The molecule has 3 N–H and O–H groups in total. The lowest BCUT2D eigenvalue weighted by Gasteiger charge is -2.39. The molecule has 2 aliphatic heterocycles. The molecule has 5 rings (SSSR count). The van der Waals surface area contributed by atoms with Crippen LogP contribution in [-0.4, -0.2) is 44.2 Å². The maximum Gasteiger partial charge on any atom is 0.255 e. The number of hydrogen-bond donors (Lipinski definition) is 3. The number of carbonyl (C=O) groups excluding carboxylic acids is 1. The molecule has 2 aromatic heterocycles. The van der Waals surface area contributed by atoms with Gasteiger partial charge in [-0.05, 0) is 56.5 Å². The van der Waals surface area contributed by atoms with Gasteiger partial charge in [0.2, 0.25) is 0 Å². The highest BCUT2D eigenvalue weighted by molar-refractivity contribution is 6.05. The molecular weight excluding hydrogens is 416 g/mol. The average Bonchev–Trinajstić information content (AvgIpc) is 3.40. The second-order valence-corrected chi connectivity index (χ2v) is 9.56. The molecule has 1 atom stereocenters. The van der Waals surface area contributed by atoms with Crippen molar-refractivity contribution in [3.8, 4) is 11.3 Å². The van der Waals surface area contributed by atoms with Gasteiger partial charge in [-0.25, -0.2) is 9.97 Å². The third-order valence-corrected chi connectivity index (χ3v) is 6.85. The van der Waals surface area contributed by atoms with Crippen LogP contribution in [0.5, 0.6) is 0 Å². The fourth-order valence-corrected chi connectivity index (χ4v) is 4.85. The Labute approximate surface area is 193 Å². The lowest BCUT2D eigenvalue weighted by atomic mass is 9.84. The molecule has 0 unspecified atom stereocenters. The number of pyridine rings is 1. The highest BCUT2D eigenvalue weighted by Gasteiger charge is 2.31. The Bertz CT molecular complexity index is 1180. The molecule has 33 heavy (non-hydrogen) atoms. The minimum Gasteiger partial charge on any atom is -0.390 e. The van der Waals surface area contributed by atoms with Gasteiger partial charge in [0.25, 0.3) is 5.91 Å². The summed E-state index contributed by atoms with van der Waals surface area (Å²) >= 11 is 0. The average molecular weight is 447 g/mol. The monoisotopic (exact) mass is 446 g/mol. The van der Waals surface area contributed by atoms with Crippen LogP contribution in [-0.2, 0) is 13.6 Å². The highest BCUT2D eigenvalue weighted by Crippen LogP contribution is 2.34. The Morgan fingerprint density at radius 3 is 2.70 bits per heavy atom. The van der Waals surface area contributed by atoms with Crippen LogP contribution < -0.4 is 15.5 Å². The zero-order valence-electron chi connectivity index (χ0n) is 19.3. The zero-order valence-corrected chi connectivity index (χ0v) is 19.3. The summed E-state index contributed by atoms with van der Waals surface area (Å²) < 4.78 is 1.93. The van der Waals surface area contributed by atoms with Crippen LogP contribution in [0.15, 0.2) is 43.0 Å². The second-order valence-electron chi connectivity index (χ2n) is 9.56. The first kappa shape index (κ1) is 21.5. The smallest absolute Gasteiger partial charge is 0.255 e. The number of hydrogen-bond acceptors (Lipinski definition) is 6. The fourth-order valence-electron chi connectivity index (χ4n) is 4.85. The third-order valence-electron chi connectivity index (χ3n) is 6.85. The van der Waals surface area contributed by atoms with Gasteiger partial charge in [0.05, 0.1) is 29.4 Å². The van der Waals surface area contributed by atoms with E-state index in [1.54, 1.807) is 18.7 Å². The van der Waals surface area contributed by atoms with Gasteiger partial charge < -0.3 is 25.2 Å². The number of aryl methyl sites for hydroxylation is 1. The van der Waals surface area contributed by atoms with Crippen molar-refractivity contribution in [2.75, 3.05) is 23.3 Å². The summed E-state index contributed by atoms with van der Waals surface area (Å²) in [5.74, 6) is 0.692. The normalized spacial score (nSPS) is 18.2. The Kier molecular flexibility index (Phi) is 5.32. The Balaban J connectivity index is 1.38. The first-order valence-corrected chi connectivity index (χ1v) is 11.4. The molecule has 1 aromatic carbocycles. The van der Waals surface area contributed by atoms with E-state index in [-0.39, 0.29) is 11.8 Å². The number of nitrogens with zero attached hydrogens (tertiary/aromatic N) is 4. The molecule has 2 aliphatic rings. The number of anilines is 3. The van der Waals surface area contributed by atoms with Crippen LogP contribution in [0.4, 0.5) is 17.2 Å². The zero-order chi connectivity index (χ0) is 23.2. The number of rotatable bonds is 5. The molecule has 1 fully saturated rings. The summed E-state index contributed by atoms with van der Waals surface area (Å²) in [4.78, 5) is 23.7. The third kappa shape index (κ3) is 4.06. The quantitative estimate of drug-likeness (QED) is 0.556. The number of imidazole rings is 1. The Hall–Kier alpha value is -3.39. The Morgan fingerprint density at radius 2 is 2.00 bits per heavy atom. The van der Waals surface area contributed by atoms with Crippen molar-refractivity contribution in [3.05, 3.63) is 54.1 Å². The van der Waals surface area contributed by atoms with Crippen LogP contribution in [0.1, 0.15) is 42.6 Å². The van der Waals surface area contributed by atoms with Crippen molar-refractivity contribution in [1.82, 2.24) is 19.9 Å². The lowest BCUT2D eigenvalue weighted by Crippen LogP contribution is -2.44. The fraction of sp³-hybridized carbons (Fsp3) is 0.400. The molecule has 172 valence electrons. The van der Waals surface area contributed by atoms with Crippen molar-refractivity contribution in [3.63, 3.8) is 0 Å². The molecule has 4 heterocycles. The molecule has 0 aliphatic carbocycles. The number of aliphatic hydroxyl groups is 1. The SMILES string of the molecule is Cn1cncc1-c1cnc(Nc2ccc(N3CCC[C@@H](C(C)(C)O)C3)cc2)c2c1CNC2=O. The molecule has 0 bridgehead atoms. The van der Waals surface area contributed by atoms with E-state index in [1.165, 1.54) is 0 Å². The van der Waals surface area contributed by atoms with E-state index in [2.05, 4.69) is 37.6 Å². The summed E-state index contributed by atoms with van der Waals surface area (Å²) in [5.41, 5.74) is 4.70. The van der Waals surface area contributed by atoms with Crippen LogP contribution >= 0.6 is 0 Å². The summed E-state index contributed by atoms with van der Waals surface area (Å²) in [6.07, 6.45) is 7.45. The topological polar surface area (TPSA) is 95.3 Å². The number of aromatic nitrogens is 3. The summed E-state index contributed by atoms with van der Waals surface area (Å²) in [5, 5.41) is 16.7. The molecular formula is C25H30N6O2. The van der Waals surface area contributed by atoms with Crippen LogP contribution in [0.2, 0.25) is 0 Å². The molecule has 8 heteroatoms. The Morgan fingerprint density at radius 1 is 1.21 bits per heavy atom. The predicted octanol–water partition coefficient (Wildman–Crippen LogP) is 3.46. The summed E-state index contributed by atoms with van der Waals surface area (Å²) in [6.45, 7) is 6.11. The largest absolute Gasteiger partial charge is 0.390 e. The van der Waals surface area contributed by atoms with E-state index >= 15 is 0 Å². The van der Waals surface area contributed by atoms with E-state index in [0.717, 1.165) is 54.1 Å². The molecule has 0 saturated carbocycles. The van der Waals surface area contributed by atoms with Crippen LogP contribution in [0, 0.1) is 5.92 Å². The van der Waals surface area contributed by atoms with Crippen molar-refractivity contribution in [1.29, 1.82) is 0 Å². The van der Waals surface area contributed by atoms with Crippen LogP contribution in [0.3, 0.4) is 0 Å². The van der Waals surface area contributed by atoms with E-state index in [1.807, 2.05) is 37.6 Å². The van der Waals surface area contributed by atoms with Gasteiger partial charge in [-0.15, -0.1) is 0 Å². The van der Waals surface area contributed by atoms with Crippen LogP contribution in [0.25, 0.3) is 11.3 Å². The van der Waals surface area contributed by atoms with E-state index < -0.39 is 5.60 Å². The van der Waals surface area contributed by atoms with Gasteiger partial charge in [-0.3, -0.25) is 4.79 Å². The van der Waals surface area contributed by atoms with Crippen molar-refractivity contribution >= 4 is 23.1 Å². The van der Waals surface area contributed by atoms with Crippen molar-refractivity contribution in [2.45, 2.75) is 38.8 Å². The second kappa shape index (κ2) is 8.19. The molecule has 0 radical (unpaired) electrons. The number of piperidine rings is 1. The molecule has 1 amide bonds.